The predicted octanol–water partition coefficient (Wildman–Crippen LogP) is 10.1. The summed E-state index contributed by atoms with van der Waals surface area (Å²) in [6.45, 7) is 16.6. The third-order valence-electron chi connectivity index (χ3n) is 9.19. The predicted molar refractivity (Wildman–Crippen MR) is 195 cm³/mol. The number of aryl methyl sites for hydroxylation is 2. The molecule has 0 fully saturated rings. The van der Waals surface area contributed by atoms with Crippen molar-refractivity contribution in [1.29, 1.82) is 0 Å². The maximum absolute atomic E-state index is 12.7. The number of pyridine rings is 1. The molecule has 0 aliphatic rings. The number of carboxylic acids is 1. The van der Waals surface area contributed by atoms with E-state index in [1.807, 2.05) is 62.4 Å². The molecule has 0 aliphatic carbocycles. The van der Waals surface area contributed by atoms with E-state index in [0.717, 1.165) is 66.6 Å². The molecule has 1 amide bonds. The zero-order valence-electron chi connectivity index (χ0n) is 29.9. The molecule has 0 atom stereocenters. The van der Waals surface area contributed by atoms with Crippen molar-refractivity contribution >= 4 is 29.7 Å². The molecule has 3 rings (SSSR count). The van der Waals surface area contributed by atoms with Crippen LogP contribution in [0.15, 0.2) is 54.6 Å². The second-order valence-corrected chi connectivity index (χ2v) is 15.0. The van der Waals surface area contributed by atoms with Crippen LogP contribution in [0, 0.1) is 5.41 Å². The number of aromatic hydroxyl groups is 1. The molecule has 0 unspecified atom stereocenters. The summed E-state index contributed by atoms with van der Waals surface area (Å²) in [5, 5.41) is 23.5. The first-order valence-electron chi connectivity index (χ1n) is 17.2. The zero-order valence-corrected chi connectivity index (χ0v) is 29.9. The highest BCUT2D eigenvalue weighted by atomic mass is 16.4. The van der Waals surface area contributed by atoms with Gasteiger partial charge in [0.1, 0.15) is 5.75 Å². The normalized spacial score (nSPS) is 12.4. The number of aliphatic carboxylic acids is 1. The van der Waals surface area contributed by atoms with Crippen molar-refractivity contribution < 1.29 is 19.8 Å². The third-order valence-corrected chi connectivity index (χ3v) is 9.19. The molecule has 1 aromatic heterocycles. The summed E-state index contributed by atoms with van der Waals surface area (Å²) in [7, 11) is 0. The lowest BCUT2D eigenvalue weighted by molar-refractivity contribution is -0.151. The van der Waals surface area contributed by atoms with Gasteiger partial charge in [0, 0.05) is 17.8 Å². The van der Waals surface area contributed by atoms with Gasteiger partial charge < -0.3 is 15.5 Å². The van der Waals surface area contributed by atoms with Crippen LogP contribution in [0.4, 0.5) is 5.69 Å². The van der Waals surface area contributed by atoms with Crippen LogP contribution in [0.5, 0.6) is 5.75 Å². The lowest BCUT2D eigenvalue weighted by atomic mass is 9.78. The Balaban J connectivity index is 1.52. The number of rotatable bonds is 15. The molecule has 254 valence electrons. The van der Waals surface area contributed by atoms with Crippen molar-refractivity contribution in [3.63, 3.8) is 0 Å². The van der Waals surface area contributed by atoms with E-state index in [1.54, 1.807) is 0 Å². The quantitative estimate of drug-likeness (QED) is 0.144. The van der Waals surface area contributed by atoms with Crippen LogP contribution in [-0.2, 0) is 33.3 Å². The molecule has 2 aromatic carbocycles. The van der Waals surface area contributed by atoms with Gasteiger partial charge in [-0.25, -0.2) is 0 Å². The second-order valence-electron chi connectivity index (χ2n) is 15.0. The van der Waals surface area contributed by atoms with E-state index >= 15 is 0 Å². The van der Waals surface area contributed by atoms with Crippen LogP contribution >= 0.6 is 0 Å². The Morgan fingerprint density at radius 1 is 0.787 bits per heavy atom. The number of hydrogen-bond acceptors (Lipinski definition) is 4. The Hall–Kier alpha value is -3.93. The summed E-state index contributed by atoms with van der Waals surface area (Å²) >= 11 is 0. The van der Waals surface area contributed by atoms with E-state index in [1.165, 1.54) is 5.56 Å². The van der Waals surface area contributed by atoms with E-state index < -0.39 is 11.4 Å². The summed E-state index contributed by atoms with van der Waals surface area (Å²) in [5.74, 6) is -0.782. The highest BCUT2D eigenvalue weighted by Gasteiger charge is 2.37. The van der Waals surface area contributed by atoms with Crippen LogP contribution in [0.2, 0.25) is 0 Å². The Labute approximate surface area is 282 Å². The van der Waals surface area contributed by atoms with Gasteiger partial charge in [-0.15, -0.1) is 0 Å². The van der Waals surface area contributed by atoms with Crippen molar-refractivity contribution in [2.75, 3.05) is 5.32 Å². The fourth-order valence-electron chi connectivity index (χ4n) is 5.99. The van der Waals surface area contributed by atoms with Gasteiger partial charge in [0.2, 0.25) is 5.91 Å². The molecular weight excluding hydrogens is 584 g/mol. The Morgan fingerprint density at radius 2 is 1.38 bits per heavy atom. The van der Waals surface area contributed by atoms with Crippen molar-refractivity contribution in [3.8, 4) is 5.75 Å². The highest BCUT2D eigenvalue weighted by Crippen LogP contribution is 2.40. The van der Waals surface area contributed by atoms with Gasteiger partial charge in [-0.1, -0.05) is 105 Å². The standard InChI is InChI=1S/C41H56N2O4/c1-9-41(10-2,38(46)47)28-36(44)43-33-22-15-18-29(25-33)23-24-32-21-16-20-31(42-32)19-14-12-11-13-17-30-26-34(39(3,4)5)37(45)35(27-30)40(6,7)8/h15-16,18,20-27,45H,9-14,17,19,28H2,1-8H3,(H,43,44)(H,46,47). The molecule has 0 saturated heterocycles. The molecule has 0 bridgehead atoms. The summed E-state index contributed by atoms with van der Waals surface area (Å²) < 4.78 is 0. The lowest BCUT2D eigenvalue weighted by Crippen LogP contribution is -2.34. The lowest BCUT2D eigenvalue weighted by Gasteiger charge is -2.28. The smallest absolute Gasteiger partial charge is 0.310 e. The number of carbonyl (C=O) groups excluding carboxylic acids is 1. The van der Waals surface area contributed by atoms with Crippen molar-refractivity contribution in [2.45, 2.75) is 124 Å². The number of phenols is 1. The van der Waals surface area contributed by atoms with Crippen molar-refractivity contribution in [3.05, 3.63) is 88.2 Å². The van der Waals surface area contributed by atoms with Crippen LogP contribution in [0.3, 0.4) is 0 Å². The maximum Gasteiger partial charge on any atom is 0.310 e. The number of nitrogens with zero attached hydrogens (tertiary/aromatic N) is 1. The van der Waals surface area contributed by atoms with Gasteiger partial charge in [0.15, 0.2) is 0 Å². The Morgan fingerprint density at radius 3 is 1.96 bits per heavy atom. The second kappa shape index (κ2) is 16.3. The van der Waals surface area contributed by atoms with Crippen LogP contribution in [0.25, 0.3) is 12.2 Å². The molecule has 47 heavy (non-hydrogen) atoms. The topological polar surface area (TPSA) is 99.5 Å². The number of phenolic OH excluding ortho intramolecular Hbond substituents is 1. The number of unbranched alkanes of at least 4 members (excludes halogenated alkanes) is 3. The average molecular weight is 641 g/mol. The largest absolute Gasteiger partial charge is 0.507 e. The number of nitrogens with one attached hydrogen (secondary N) is 1. The Bertz CT molecular complexity index is 1500. The average Bonchev–Trinajstić information content (AvgIpc) is 3.00. The van der Waals surface area contributed by atoms with E-state index in [9.17, 15) is 19.8 Å². The molecule has 0 radical (unpaired) electrons. The van der Waals surface area contributed by atoms with Gasteiger partial charge in [0.25, 0.3) is 0 Å². The van der Waals surface area contributed by atoms with Crippen molar-refractivity contribution in [2.24, 2.45) is 5.41 Å². The van der Waals surface area contributed by atoms with Crippen molar-refractivity contribution in [1.82, 2.24) is 4.98 Å². The minimum atomic E-state index is -1.04. The molecule has 1 heterocycles. The molecule has 3 aromatic rings. The number of carboxylic acid groups (broad SMARTS) is 1. The minimum Gasteiger partial charge on any atom is -0.507 e. The fraction of sp³-hybridized carbons (Fsp3) is 0.488. The highest BCUT2D eigenvalue weighted by molar-refractivity contribution is 5.94. The van der Waals surface area contributed by atoms with Gasteiger partial charge in [-0.2, -0.15) is 0 Å². The first kappa shape index (κ1) is 37.5. The summed E-state index contributed by atoms with van der Waals surface area (Å²) in [6, 6.07) is 18.0. The number of benzene rings is 2. The van der Waals surface area contributed by atoms with Gasteiger partial charge >= 0.3 is 5.97 Å². The number of aromatic nitrogens is 1. The number of hydrogen-bond donors (Lipinski definition) is 3. The minimum absolute atomic E-state index is 0.0545. The molecule has 3 N–H and O–H groups in total. The SMILES string of the molecule is CCC(CC)(CC(=O)Nc1cccc(C=Cc2cccc(CCCCCCc3cc(C(C)(C)C)c(O)c(C(C)(C)C)c3)n2)c1)C(=O)O. The molecule has 6 nitrogen and oxygen atoms in total. The van der Waals surface area contributed by atoms with Crippen LogP contribution in [-0.4, -0.2) is 27.1 Å². The molecule has 0 spiro atoms. The van der Waals surface area contributed by atoms with Crippen LogP contribution < -0.4 is 5.32 Å². The monoisotopic (exact) mass is 640 g/mol. The van der Waals surface area contributed by atoms with E-state index in [-0.39, 0.29) is 23.2 Å². The van der Waals surface area contributed by atoms with E-state index in [4.69, 9.17) is 4.98 Å². The maximum atomic E-state index is 12.7. The zero-order chi connectivity index (χ0) is 34.8. The number of carbonyl (C=O) groups is 2. The van der Waals surface area contributed by atoms with E-state index in [2.05, 4.69) is 65.1 Å². The first-order valence-corrected chi connectivity index (χ1v) is 17.2. The molecule has 0 aliphatic heterocycles. The number of amides is 1. The summed E-state index contributed by atoms with van der Waals surface area (Å²) in [6.07, 6.45) is 11.1. The van der Waals surface area contributed by atoms with Gasteiger partial charge in [-0.3, -0.25) is 14.6 Å². The molecule has 6 heteroatoms. The van der Waals surface area contributed by atoms with Gasteiger partial charge in [-0.05, 0) is 102 Å². The number of anilines is 1. The molecule has 0 saturated carbocycles. The Kier molecular flexibility index (Phi) is 13.0. The molecular formula is C41H56N2O4. The third kappa shape index (κ3) is 10.8. The summed E-state index contributed by atoms with van der Waals surface area (Å²) in [4.78, 5) is 29.3. The first-order chi connectivity index (χ1) is 22.1. The fourth-order valence-corrected chi connectivity index (χ4v) is 5.99. The summed E-state index contributed by atoms with van der Waals surface area (Å²) in [5.41, 5.74) is 5.61. The van der Waals surface area contributed by atoms with Gasteiger partial charge in [0.05, 0.1) is 11.1 Å². The van der Waals surface area contributed by atoms with Crippen LogP contribution in [0.1, 0.15) is 134 Å². The van der Waals surface area contributed by atoms with E-state index in [0.29, 0.717) is 24.3 Å².